The SMILES string of the molecule is C/C=C/CC/C=C/CC/C=C/C(O)C(COP(=O)([O-])OCC[N+](C)(C)C)NC(=O)CCCCCCCCCCCCCCCCCCC/C=C\C/C=C\CCCCCCCCCCCCC. The van der Waals surface area contributed by atoms with Gasteiger partial charge in [0.1, 0.15) is 13.2 Å². The number of carbonyl (C=O) groups is 1. The molecule has 0 spiro atoms. The normalized spacial score (nSPS) is 14.5. The van der Waals surface area contributed by atoms with E-state index in [-0.39, 0.29) is 12.5 Å². The second kappa shape index (κ2) is 48.2. The summed E-state index contributed by atoms with van der Waals surface area (Å²) in [6, 6.07) is -0.908. The van der Waals surface area contributed by atoms with Crippen molar-refractivity contribution in [2.75, 3.05) is 40.9 Å². The van der Waals surface area contributed by atoms with Crippen LogP contribution in [0.25, 0.3) is 0 Å². The van der Waals surface area contributed by atoms with Crippen molar-refractivity contribution < 1.29 is 32.9 Å². The number of rotatable bonds is 50. The van der Waals surface area contributed by atoms with Gasteiger partial charge in [-0.25, -0.2) is 0 Å². The van der Waals surface area contributed by atoms with Crippen LogP contribution < -0.4 is 10.2 Å². The van der Waals surface area contributed by atoms with Crippen LogP contribution in [0.3, 0.4) is 0 Å². The lowest BCUT2D eigenvalue weighted by Gasteiger charge is -2.29. The van der Waals surface area contributed by atoms with Crippen molar-refractivity contribution in [3.05, 3.63) is 60.8 Å². The molecule has 1 amide bonds. The second-order valence-electron chi connectivity index (χ2n) is 19.9. The van der Waals surface area contributed by atoms with E-state index in [4.69, 9.17) is 9.05 Å². The number of phosphoric acid groups is 1. The van der Waals surface area contributed by atoms with Crippen LogP contribution >= 0.6 is 7.82 Å². The predicted molar refractivity (Wildman–Crippen MR) is 284 cm³/mol. The van der Waals surface area contributed by atoms with E-state index in [1.165, 1.54) is 173 Å². The van der Waals surface area contributed by atoms with Crippen LogP contribution in [0.1, 0.15) is 245 Å². The van der Waals surface area contributed by atoms with Crippen LogP contribution in [-0.2, 0) is 18.4 Å². The molecule has 0 saturated carbocycles. The van der Waals surface area contributed by atoms with Crippen molar-refractivity contribution in [3.63, 3.8) is 0 Å². The molecule has 0 aromatic heterocycles. The smallest absolute Gasteiger partial charge is 0.268 e. The largest absolute Gasteiger partial charge is 0.756 e. The summed E-state index contributed by atoms with van der Waals surface area (Å²) < 4.78 is 23.2. The standard InChI is InChI=1S/C57H107N2O6P/c1-6-8-10-12-14-16-17-18-19-20-21-22-23-24-25-26-27-28-29-30-31-32-33-34-35-36-37-38-39-40-41-43-45-47-49-51-57(61)58-55(54-65-66(62,63)64-53-52-59(3,4)5)56(60)50-48-46-44-42-15-13-11-9-7-2/h7,9,15,23-24,26-27,42,48,50,55-56,60H,6,8,10-14,16-22,25,28-41,43-47,49,51-54H2,1-5H3,(H-,58,61,62,63)/b9-7+,24-23-,27-26-,42-15+,50-48+. The highest BCUT2D eigenvalue weighted by molar-refractivity contribution is 7.45. The first-order valence-corrected chi connectivity index (χ1v) is 29.1. The Kier molecular flexibility index (Phi) is 46.9. The molecule has 386 valence electrons. The van der Waals surface area contributed by atoms with Crippen LogP contribution in [0, 0.1) is 0 Å². The minimum atomic E-state index is -4.60. The lowest BCUT2D eigenvalue weighted by atomic mass is 10.0. The van der Waals surface area contributed by atoms with Gasteiger partial charge in [0.25, 0.3) is 7.82 Å². The van der Waals surface area contributed by atoms with Gasteiger partial charge in [-0.2, -0.15) is 0 Å². The van der Waals surface area contributed by atoms with Gasteiger partial charge in [-0.15, -0.1) is 0 Å². The molecule has 8 nitrogen and oxygen atoms in total. The first-order chi connectivity index (χ1) is 32.0. The average molecular weight is 947 g/mol. The number of nitrogens with zero attached hydrogens (tertiary/aromatic N) is 1. The van der Waals surface area contributed by atoms with Gasteiger partial charge in [-0.05, 0) is 71.1 Å². The summed E-state index contributed by atoms with van der Waals surface area (Å²) in [6.45, 7) is 4.39. The highest BCUT2D eigenvalue weighted by Gasteiger charge is 2.23. The van der Waals surface area contributed by atoms with Crippen LogP contribution in [-0.4, -0.2) is 68.5 Å². The second-order valence-corrected chi connectivity index (χ2v) is 21.3. The molecule has 3 atom stereocenters. The fourth-order valence-electron chi connectivity index (χ4n) is 7.93. The molecule has 0 aliphatic carbocycles. The third-order valence-corrected chi connectivity index (χ3v) is 13.2. The minimum absolute atomic E-state index is 0.0104. The van der Waals surface area contributed by atoms with Gasteiger partial charge in [0, 0.05) is 6.42 Å². The van der Waals surface area contributed by atoms with Crippen molar-refractivity contribution in [1.29, 1.82) is 0 Å². The topological polar surface area (TPSA) is 108 Å². The van der Waals surface area contributed by atoms with E-state index >= 15 is 0 Å². The summed E-state index contributed by atoms with van der Waals surface area (Å²) in [7, 11) is 1.23. The lowest BCUT2D eigenvalue weighted by molar-refractivity contribution is -0.870. The summed E-state index contributed by atoms with van der Waals surface area (Å²) in [4.78, 5) is 25.3. The van der Waals surface area contributed by atoms with E-state index in [9.17, 15) is 19.4 Å². The summed E-state index contributed by atoms with van der Waals surface area (Å²) in [5.74, 6) is -0.214. The molecule has 0 rings (SSSR count). The molecule has 0 fully saturated rings. The molecule has 66 heavy (non-hydrogen) atoms. The molecular formula is C57H107N2O6P. The predicted octanol–water partition coefficient (Wildman–Crippen LogP) is 15.9. The number of quaternary nitrogens is 1. The molecule has 0 aromatic rings. The van der Waals surface area contributed by atoms with Crippen LogP contribution in [0.15, 0.2) is 60.8 Å². The van der Waals surface area contributed by atoms with Crippen LogP contribution in [0.2, 0.25) is 0 Å². The van der Waals surface area contributed by atoms with Crippen molar-refractivity contribution in [1.82, 2.24) is 5.32 Å². The average Bonchev–Trinajstić information content (AvgIpc) is 3.28. The fourth-order valence-corrected chi connectivity index (χ4v) is 8.65. The maximum Gasteiger partial charge on any atom is 0.268 e. The minimum Gasteiger partial charge on any atom is -0.756 e. The molecular weight excluding hydrogens is 840 g/mol. The van der Waals surface area contributed by atoms with Gasteiger partial charge in [-0.1, -0.05) is 228 Å². The van der Waals surface area contributed by atoms with Crippen LogP contribution in [0.4, 0.5) is 0 Å². The molecule has 0 heterocycles. The molecule has 0 aliphatic heterocycles. The van der Waals surface area contributed by atoms with E-state index in [2.05, 4.69) is 54.8 Å². The fraction of sp³-hybridized carbons (Fsp3) is 0.807. The van der Waals surface area contributed by atoms with Crippen LogP contribution in [0.5, 0.6) is 0 Å². The van der Waals surface area contributed by atoms with Crippen molar-refractivity contribution in [3.8, 4) is 0 Å². The number of allylic oxidation sites excluding steroid dienone is 9. The van der Waals surface area contributed by atoms with Crippen molar-refractivity contribution in [2.45, 2.75) is 257 Å². The van der Waals surface area contributed by atoms with E-state index in [0.29, 0.717) is 17.4 Å². The Hall–Kier alpha value is -1.80. The zero-order chi connectivity index (χ0) is 48.5. The Morgan fingerprint density at radius 2 is 0.955 bits per heavy atom. The number of carbonyl (C=O) groups excluding carboxylic acids is 1. The number of aliphatic hydroxyl groups excluding tert-OH is 1. The summed E-state index contributed by atoms with van der Waals surface area (Å²) >= 11 is 0. The Balaban J connectivity index is 3.91. The molecule has 9 heteroatoms. The highest BCUT2D eigenvalue weighted by Crippen LogP contribution is 2.38. The van der Waals surface area contributed by atoms with Crippen molar-refractivity contribution >= 4 is 13.7 Å². The van der Waals surface area contributed by atoms with E-state index in [0.717, 1.165) is 51.4 Å². The number of likely N-dealkylation sites (N-methyl/N-ethyl adjacent to an activating group) is 1. The number of nitrogens with one attached hydrogen (secondary N) is 1. The van der Waals surface area contributed by atoms with Gasteiger partial charge in [0.05, 0.1) is 39.9 Å². The molecule has 3 unspecified atom stereocenters. The maximum atomic E-state index is 12.9. The molecule has 0 aromatic carbocycles. The quantitative estimate of drug-likeness (QED) is 0.0272. The van der Waals surface area contributed by atoms with E-state index in [1.54, 1.807) is 6.08 Å². The third-order valence-electron chi connectivity index (χ3n) is 12.3. The molecule has 0 bridgehead atoms. The summed E-state index contributed by atoms with van der Waals surface area (Å²) in [5.41, 5.74) is 0. The number of amides is 1. The lowest BCUT2D eigenvalue weighted by Crippen LogP contribution is -2.45. The zero-order valence-corrected chi connectivity index (χ0v) is 44.8. The van der Waals surface area contributed by atoms with Gasteiger partial charge in [0.15, 0.2) is 0 Å². The highest BCUT2D eigenvalue weighted by atomic mass is 31.2. The van der Waals surface area contributed by atoms with Crippen molar-refractivity contribution in [2.24, 2.45) is 0 Å². The Bertz CT molecular complexity index is 1260. The Morgan fingerprint density at radius 3 is 1.39 bits per heavy atom. The van der Waals surface area contributed by atoms with E-state index in [1.807, 2.05) is 40.2 Å². The maximum absolute atomic E-state index is 12.9. The Labute approximate surface area is 409 Å². The van der Waals surface area contributed by atoms with Gasteiger partial charge >= 0.3 is 0 Å². The monoisotopic (exact) mass is 947 g/mol. The zero-order valence-electron chi connectivity index (χ0n) is 43.9. The first-order valence-electron chi connectivity index (χ1n) is 27.6. The van der Waals surface area contributed by atoms with E-state index < -0.39 is 26.6 Å². The van der Waals surface area contributed by atoms with Gasteiger partial charge in [0.2, 0.25) is 5.91 Å². The summed E-state index contributed by atoms with van der Waals surface area (Å²) in [6.07, 6.45) is 65.0. The number of unbranched alkanes of at least 4 members (excludes halogenated alkanes) is 30. The van der Waals surface area contributed by atoms with Gasteiger partial charge < -0.3 is 28.8 Å². The first kappa shape index (κ1) is 64.2. The number of hydrogen-bond acceptors (Lipinski definition) is 6. The number of phosphoric ester groups is 1. The molecule has 0 radical (unpaired) electrons. The third kappa shape index (κ3) is 50.1. The molecule has 2 N–H and O–H groups in total. The Morgan fingerprint density at radius 1 is 0.561 bits per heavy atom. The summed E-state index contributed by atoms with van der Waals surface area (Å²) in [5, 5.41) is 13.7. The number of aliphatic hydroxyl groups is 1. The number of hydrogen-bond donors (Lipinski definition) is 2. The molecule has 0 aliphatic rings. The molecule has 0 saturated heterocycles. The van der Waals surface area contributed by atoms with Gasteiger partial charge in [-0.3, -0.25) is 9.36 Å².